The van der Waals surface area contributed by atoms with Crippen LogP contribution in [0.3, 0.4) is 0 Å². The zero-order chi connectivity index (χ0) is 16.5. The van der Waals surface area contributed by atoms with Gasteiger partial charge in [0.25, 0.3) is 0 Å². The number of aromatic nitrogens is 3. The minimum absolute atomic E-state index is 0.843. The fraction of sp³-hybridized carbons (Fsp3) is 0.263. The van der Waals surface area contributed by atoms with Gasteiger partial charge in [-0.2, -0.15) is 5.10 Å². The fourth-order valence-corrected chi connectivity index (χ4v) is 3.10. The third-order valence-corrected chi connectivity index (χ3v) is 4.62. The number of likely N-dealkylation sites (N-methyl/N-ethyl adjacent to an activating group) is 1. The molecule has 0 amide bonds. The van der Waals surface area contributed by atoms with Crippen LogP contribution in [0, 0.1) is 0 Å². The molecule has 0 saturated carbocycles. The second kappa shape index (κ2) is 6.09. The van der Waals surface area contributed by atoms with Gasteiger partial charge in [0, 0.05) is 37.4 Å². The predicted molar refractivity (Wildman–Crippen MR) is 98.2 cm³/mol. The Bertz CT molecular complexity index is 857. The standard InChI is InChI=1S/C19H21N5/c1-3-16-6-9-19-20-14-18(24(19)21-16)15-4-7-17(8-5-15)23-12-10-22(2)11-13-23/h3-9,14H,1,10-13H2,2H3. The number of benzene rings is 1. The average Bonchev–Trinajstić information content (AvgIpc) is 3.05. The molecule has 0 aliphatic carbocycles. The van der Waals surface area contributed by atoms with Crippen molar-refractivity contribution in [3.8, 4) is 11.3 Å². The zero-order valence-electron chi connectivity index (χ0n) is 13.9. The molecule has 0 N–H and O–H groups in total. The Morgan fingerprint density at radius 2 is 1.75 bits per heavy atom. The molecule has 2 aromatic heterocycles. The van der Waals surface area contributed by atoms with Gasteiger partial charge in [-0.1, -0.05) is 18.7 Å². The minimum Gasteiger partial charge on any atom is -0.369 e. The van der Waals surface area contributed by atoms with Crippen molar-refractivity contribution in [1.29, 1.82) is 0 Å². The van der Waals surface area contributed by atoms with E-state index in [0.717, 1.165) is 48.8 Å². The van der Waals surface area contributed by atoms with E-state index in [2.05, 4.69) is 57.8 Å². The second-order valence-electron chi connectivity index (χ2n) is 6.21. The summed E-state index contributed by atoms with van der Waals surface area (Å²) in [6.07, 6.45) is 3.62. The summed E-state index contributed by atoms with van der Waals surface area (Å²) in [5, 5.41) is 4.57. The average molecular weight is 319 g/mol. The molecule has 1 saturated heterocycles. The lowest BCUT2D eigenvalue weighted by Crippen LogP contribution is -2.44. The van der Waals surface area contributed by atoms with Crippen molar-refractivity contribution in [1.82, 2.24) is 19.5 Å². The van der Waals surface area contributed by atoms with E-state index >= 15 is 0 Å². The van der Waals surface area contributed by atoms with Crippen LogP contribution in [-0.4, -0.2) is 52.7 Å². The Hall–Kier alpha value is -2.66. The maximum absolute atomic E-state index is 4.57. The first kappa shape index (κ1) is 14.9. The van der Waals surface area contributed by atoms with Gasteiger partial charge < -0.3 is 9.80 Å². The van der Waals surface area contributed by atoms with Crippen LogP contribution in [0.25, 0.3) is 23.0 Å². The molecule has 24 heavy (non-hydrogen) atoms. The molecule has 5 heteroatoms. The van der Waals surface area contributed by atoms with Gasteiger partial charge in [0.05, 0.1) is 17.6 Å². The van der Waals surface area contributed by atoms with Crippen LogP contribution in [0.2, 0.25) is 0 Å². The van der Waals surface area contributed by atoms with Crippen LogP contribution in [0.5, 0.6) is 0 Å². The molecule has 3 aromatic rings. The fourth-order valence-electron chi connectivity index (χ4n) is 3.10. The molecule has 0 atom stereocenters. The Balaban J connectivity index is 1.64. The molecule has 1 aliphatic heterocycles. The van der Waals surface area contributed by atoms with Gasteiger partial charge >= 0.3 is 0 Å². The van der Waals surface area contributed by atoms with Gasteiger partial charge in [-0.25, -0.2) is 9.50 Å². The molecular formula is C19H21N5. The van der Waals surface area contributed by atoms with Gasteiger partial charge in [-0.05, 0) is 37.4 Å². The molecule has 4 rings (SSSR count). The SMILES string of the molecule is C=Cc1ccc2ncc(-c3ccc(N4CCN(C)CC4)cc3)n2n1. The number of nitrogens with zero attached hydrogens (tertiary/aromatic N) is 5. The van der Waals surface area contributed by atoms with Crippen LogP contribution >= 0.6 is 0 Å². The monoisotopic (exact) mass is 319 g/mol. The van der Waals surface area contributed by atoms with Crippen molar-refractivity contribution < 1.29 is 0 Å². The Labute approximate surface area is 141 Å². The van der Waals surface area contributed by atoms with Crippen molar-refractivity contribution >= 4 is 17.4 Å². The number of hydrogen-bond donors (Lipinski definition) is 0. The Morgan fingerprint density at radius 1 is 1.00 bits per heavy atom. The normalized spacial score (nSPS) is 15.8. The summed E-state index contributed by atoms with van der Waals surface area (Å²) < 4.78 is 1.88. The maximum Gasteiger partial charge on any atom is 0.154 e. The van der Waals surface area contributed by atoms with Crippen molar-refractivity contribution in [2.24, 2.45) is 0 Å². The van der Waals surface area contributed by atoms with E-state index in [1.54, 1.807) is 6.08 Å². The van der Waals surface area contributed by atoms with Crippen LogP contribution < -0.4 is 4.90 Å². The first-order valence-electron chi connectivity index (χ1n) is 8.26. The summed E-state index contributed by atoms with van der Waals surface area (Å²) >= 11 is 0. The second-order valence-corrected chi connectivity index (χ2v) is 6.21. The minimum atomic E-state index is 0.843. The number of anilines is 1. The summed E-state index contributed by atoms with van der Waals surface area (Å²) in [4.78, 5) is 9.25. The van der Waals surface area contributed by atoms with E-state index < -0.39 is 0 Å². The summed E-state index contributed by atoms with van der Waals surface area (Å²) in [7, 11) is 2.18. The molecule has 0 radical (unpaired) electrons. The van der Waals surface area contributed by atoms with Gasteiger partial charge in [0.15, 0.2) is 5.65 Å². The Morgan fingerprint density at radius 3 is 2.46 bits per heavy atom. The highest BCUT2D eigenvalue weighted by Crippen LogP contribution is 2.24. The lowest BCUT2D eigenvalue weighted by Gasteiger charge is -2.34. The molecule has 1 aromatic carbocycles. The number of fused-ring (bicyclic) bond motifs is 1. The molecule has 1 fully saturated rings. The first-order chi connectivity index (χ1) is 11.7. The molecular weight excluding hydrogens is 298 g/mol. The quantitative estimate of drug-likeness (QED) is 0.744. The van der Waals surface area contributed by atoms with Gasteiger partial charge in [0.1, 0.15) is 0 Å². The van der Waals surface area contributed by atoms with E-state index in [0.29, 0.717) is 0 Å². The van der Waals surface area contributed by atoms with Crippen LogP contribution in [0.4, 0.5) is 5.69 Å². The van der Waals surface area contributed by atoms with E-state index in [9.17, 15) is 0 Å². The van der Waals surface area contributed by atoms with Crippen molar-refractivity contribution in [3.63, 3.8) is 0 Å². The van der Waals surface area contributed by atoms with E-state index in [4.69, 9.17) is 0 Å². The molecule has 122 valence electrons. The summed E-state index contributed by atoms with van der Waals surface area (Å²) in [6.45, 7) is 8.17. The molecule has 3 heterocycles. The van der Waals surface area contributed by atoms with Crippen molar-refractivity contribution in [3.05, 3.63) is 54.9 Å². The van der Waals surface area contributed by atoms with E-state index in [1.165, 1.54) is 5.69 Å². The highest BCUT2D eigenvalue weighted by atomic mass is 15.3. The molecule has 1 aliphatic rings. The van der Waals surface area contributed by atoms with Gasteiger partial charge in [-0.3, -0.25) is 0 Å². The third kappa shape index (κ3) is 2.67. The number of imidazole rings is 1. The topological polar surface area (TPSA) is 36.7 Å². The van der Waals surface area contributed by atoms with Crippen molar-refractivity contribution in [2.45, 2.75) is 0 Å². The lowest BCUT2D eigenvalue weighted by atomic mass is 10.1. The van der Waals surface area contributed by atoms with E-state index in [1.807, 2.05) is 22.8 Å². The molecule has 0 spiro atoms. The van der Waals surface area contributed by atoms with Crippen molar-refractivity contribution in [2.75, 3.05) is 38.1 Å². The number of rotatable bonds is 3. The number of hydrogen-bond acceptors (Lipinski definition) is 4. The summed E-state index contributed by atoms with van der Waals surface area (Å²) in [5.74, 6) is 0. The highest BCUT2D eigenvalue weighted by Gasteiger charge is 2.14. The third-order valence-electron chi connectivity index (χ3n) is 4.62. The van der Waals surface area contributed by atoms with Crippen LogP contribution in [0.15, 0.2) is 49.2 Å². The lowest BCUT2D eigenvalue weighted by molar-refractivity contribution is 0.313. The molecule has 0 bridgehead atoms. The first-order valence-corrected chi connectivity index (χ1v) is 8.26. The Kier molecular flexibility index (Phi) is 3.78. The summed E-state index contributed by atoms with van der Waals surface area (Å²) in [5.41, 5.74) is 5.09. The van der Waals surface area contributed by atoms with E-state index in [-0.39, 0.29) is 0 Å². The number of piperazine rings is 1. The molecule has 5 nitrogen and oxygen atoms in total. The largest absolute Gasteiger partial charge is 0.369 e. The van der Waals surface area contributed by atoms with Crippen LogP contribution in [0.1, 0.15) is 5.69 Å². The maximum atomic E-state index is 4.57. The zero-order valence-corrected chi connectivity index (χ0v) is 13.9. The summed E-state index contributed by atoms with van der Waals surface area (Å²) in [6, 6.07) is 12.6. The highest BCUT2D eigenvalue weighted by molar-refractivity contribution is 5.66. The molecule has 0 unspecified atom stereocenters. The van der Waals surface area contributed by atoms with Gasteiger partial charge in [0.2, 0.25) is 0 Å². The smallest absolute Gasteiger partial charge is 0.154 e. The predicted octanol–water partition coefficient (Wildman–Crippen LogP) is 2.79. The van der Waals surface area contributed by atoms with Gasteiger partial charge in [-0.15, -0.1) is 0 Å². The van der Waals surface area contributed by atoms with Crippen LogP contribution in [-0.2, 0) is 0 Å².